The van der Waals surface area contributed by atoms with Crippen molar-refractivity contribution in [3.63, 3.8) is 0 Å². The maximum atomic E-state index is 14.6. The van der Waals surface area contributed by atoms with Crippen molar-refractivity contribution in [3.8, 4) is 5.75 Å². The Hall–Kier alpha value is -3.61. The first-order valence-corrected chi connectivity index (χ1v) is 22.9. The summed E-state index contributed by atoms with van der Waals surface area (Å²) in [4.78, 5) is 4.14. The van der Waals surface area contributed by atoms with Gasteiger partial charge in [-0.2, -0.15) is 43.2 Å². The average molecular weight is 892 g/mol. The highest BCUT2D eigenvalue weighted by Gasteiger charge is 2.83. The van der Waals surface area contributed by atoms with Crippen LogP contribution in [-0.2, 0) is 53.8 Å². The van der Waals surface area contributed by atoms with E-state index in [0.29, 0.717) is 5.56 Å². The fourth-order valence-corrected chi connectivity index (χ4v) is 9.97. The molecule has 1 N–H and O–H groups in total. The second kappa shape index (κ2) is 19.8. The van der Waals surface area contributed by atoms with Gasteiger partial charge in [0.05, 0.1) is 36.3 Å². The largest absolute Gasteiger partial charge is 0.450 e. The van der Waals surface area contributed by atoms with Crippen molar-refractivity contribution in [2.45, 2.75) is 129 Å². The van der Waals surface area contributed by atoms with Crippen LogP contribution in [0.1, 0.15) is 88.0 Å². The zero-order valence-corrected chi connectivity index (χ0v) is 35.7. The molecule has 1 fully saturated rings. The van der Waals surface area contributed by atoms with Crippen LogP contribution in [0.25, 0.3) is 0 Å². The van der Waals surface area contributed by atoms with E-state index in [2.05, 4.69) is 96.0 Å². The van der Waals surface area contributed by atoms with Gasteiger partial charge in [-0.25, -0.2) is 0 Å². The Morgan fingerprint density at radius 3 is 1.54 bits per heavy atom. The van der Waals surface area contributed by atoms with Crippen LogP contribution in [0.2, 0.25) is 0 Å². The molecule has 5 rings (SSSR count). The van der Waals surface area contributed by atoms with Gasteiger partial charge < -0.3 is 13.7 Å². The lowest BCUT2D eigenvalue weighted by atomic mass is 9.83. The molecular weight excluding hydrogens is 843 g/mol. The van der Waals surface area contributed by atoms with Crippen LogP contribution in [0, 0.1) is 6.92 Å². The topological polar surface area (TPSA) is 116 Å². The summed E-state index contributed by atoms with van der Waals surface area (Å²) >= 11 is 0. The Labute approximate surface area is 345 Å². The third-order valence-electron chi connectivity index (χ3n) is 9.32. The fraction of sp³-hybridized carbons (Fsp3) is 0.429. The van der Waals surface area contributed by atoms with Gasteiger partial charge in [0.15, 0.2) is 20.4 Å². The molecule has 4 aromatic carbocycles. The molecule has 0 unspecified atom stereocenters. The van der Waals surface area contributed by atoms with E-state index < -0.39 is 67.8 Å². The third-order valence-corrected chi connectivity index (χ3v) is 13.9. The molecule has 17 heteroatoms. The number of alkyl halides is 6. The normalized spacial score (nSPS) is 14.7. The van der Waals surface area contributed by atoms with E-state index >= 15 is 0 Å². The first-order valence-electron chi connectivity index (χ1n) is 18.8. The molecule has 0 heterocycles. The van der Waals surface area contributed by atoms with Gasteiger partial charge in [-0.1, -0.05) is 73.9 Å². The molecular formula is C42H49F6O8S3+. The van der Waals surface area contributed by atoms with Gasteiger partial charge in [-0.15, -0.1) is 0 Å². The van der Waals surface area contributed by atoms with E-state index in [9.17, 15) is 43.2 Å². The van der Waals surface area contributed by atoms with Gasteiger partial charge >= 0.3 is 36.7 Å². The van der Waals surface area contributed by atoms with E-state index in [0.717, 1.165) is 32.1 Å². The molecule has 0 radical (unpaired) electrons. The van der Waals surface area contributed by atoms with Gasteiger partial charge in [0.2, 0.25) is 0 Å². The number of hydrogen-bond donors (Lipinski definition) is 1. The monoisotopic (exact) mass is 891 g/mol. The molecule has 1 saturated carbocycles. The maximum absolute atomic E-state index is 14.6. The Balaban J connectivity index is 0.000000318. The molecule has 1 aliphatic carbocycles. The summed E-state index contributed by atoms with van der Waals surface area (Å²) in [5.74, 6) is -8.03. The second-order valence-corrected chi connectivity index (χ2v) is 19.6. The van der Waals surface area contributed by atoms with E-state index in [1.54, 1.807) is 27.7 Å². The first kappa shape index (κ1) is 48.1. The average Bonchev–Trinajstić information content (AvgIpc) is 3.18. The lowest BCUT2D eigenvalue weighted by molar-refractivity contribution is -0.247. The van der Waals surface area contributed by atoms with Crippen molar-refractivity contribution < 1.29 is 61.4 Å². The summed E-state index contributed by atoms with van der Waals surface area (Å²) in [6.45, 7) is 7.77. The van der Waals surface area contributed by atoms with Gasteiger partial charge in [0, 0.05) is 16.7 Å². The molecule has 1 aliphatic rings. The van der Waals surface area contributed by atoms with Gasteiger partial charge in [0.25, 0.3) is 0 Å². The highest BCUT2D eigenvalue weighted by molar-refractivity contribution is 7.97. The molecule has 0 saturated heterocycles. The highest BCUT2D eigenvalue weighted by atomic mass is 32.2. The minimum atomic E-state index is -7.17. The van der Waals surface area contributed by atoms with Crippen molar-refractivity contribution in [1.29, 1.82) is 0 Å². The van der Waals surface area contributed by atoms with Crippen molar-refractivity contribution in [1.82, 2.24) is 0 Å². The fourth-order valence-electron chi connectivity index (χ4n) is 6.23. The summed E-state index contributed by atoms with van der Waals surface area (Å²) in [7, 11) is -14.2. The minimum Gasteiger partial charge on any atom is -0.377 e. The van der Waals surface area contributed by atoms with Crippen LogP contribution in [0.3, 0.4) is 0 Å². The highest BCUT2D eigenvalue weighted by Crippen LogP contribution is 2.51. The number of benzene rings is 4. The molecule has 59 heavy (non-hydrogen) atoms. The molecule has 0 bridgehead atoms. The number of halogens is 6. The number of rotatable bonds is 16. The van der Waals surface area contributed by atoms with Crippen LogP contribution in [-0.4, -0.2) is 50.0 Å². The third kappa shape index (κ3) is 11.4. The standard InChI is InChI=1S/C23H32F6O8S2.C19H17S/c1-14(2)35-12-18-10-17(16-8-6-5-7-9-16)11-19(13-36-15(3)4)20(18)37-39(33,34)23(28,29)21(24,25)22(26,27)38(30,31)32;1-16-10-8-9-15-19(16)20(17-11-4-2-5-12-17)18-13-6-3-7-14-18/h10-11,14-16H,5-9,12-13H2,1-4H3,(H,30,31,32);2-15H,1H3/q;+1. The summed E-state index contributed by atoms with van der Waals surface area (Å²) < 4.78 is 155. The zero-order valence-electron chi connectivity index (χ0n) is 33.2. The van der Waals surface area contributed by atoms with Crippen LogP contribution in [0.4, 0.5) is 26.3 Å². The van der Waals surface area contributed by atoms with Crippen LogP contribution < -0.4 is 4.18 Å². The summed E-state index contributed by atoms with van der Waals surface area (Å²) in [5.41, 5.74) is 1.71. The zero-order chi connectivity index (χ0) is 43.8. The predicted molar refractivity (Wildman–Crippen MR) is 214 cm³/mol. The lowest BCUT2D eigenvalue weighted by Crippen LogP contribution is -2.61. The van der Waals surface area contributed by atoms with E-state index in [1.807, 2.05) is 0 Å². The van der Waals surface area contributed by atoms with Crippen molar-refractivity contribution in [3.05, 3.63) is 119 Å². The quantitative estimate of drug-likeness (QED) is 0.0512. The molecule has 0 atom stereocenters. The van der Waals surface area contributed by atoms with Crippen LogP contribution in [0.5, 0.6) is 5.75 Å². The van der Waals surface area contributed by atoms with Crippen molar-refractivity contribution >= 4 is 31.1 Å². The molecule has 0 amide bonds. The van der Waals surface area contributed by atoms with Crippen molar-refractivity contribution in [2.75, 3.05) is 0 Å². The number of aryl methyl sites for hydroxylation is 1. The van der Waals surface area contributed by atoms with Crippen molar-refractivity contribution in [2.24, 2.45) is 0 Å². The summed E-state index contributed by atoms with van der Waals surface area (Å²) in [6.07, 6.45) is 3.42. The Kier molecular flexibility index (Phi) is 16.2. The Morgan fingerprint density at radius 1 is 0.678 bits per heavy atom. The molecule has 0 aromatic heterocycles. The molecule has 8 nitrogen and oxygen atoms in total. The smallest absolute Gasteiger partial charge is 0.377 e. The lowest BCUT2D eigenvalue weighted by Gasteiger charge is -2.30. The maximum Gasteiger partial charge on any atom is 0.450 e. The Bertz CT molecular complexity index is 2130. The second-order valence-electron chi connectivity index (χ2n) is 14.5. The minimum absolute atomic E-state index is 0.000709. The van der Waals surface area contributed by atoms with Crippen LogP contribution in [0.15, 0.2) is 112 Å². The number of hydrogen-bond acceptors (Lipinski definition) is 7. The summed E-state index contributed by atoms with van der Waals surface area (Å²) in [5, 5.41) is -13.7. The van der Waals surface area contributed by atoms with E-state index in [4.69, 9.17) is 14.0 Å². The SMILES string of the molecule is CC(C)OCc1cc(C2CCCCC2)cc(COC(C)C)c1OS(=O)(=O)C(F)(F)C(F)(F)C(F)(F)S(=O)(=O)O.Cc1ccccc1[S+](c1ccccc1)c1ccccc1. The van der Waals surface area contributed by atoms with Gasteiger partial charge in [-0.05, 0) is 101 Å². The molecule has 324 valence electrons. The van der Waals surface area contributed by atoms with Gasteiger partial charge in [0.1, 0.15) is 0 Å². The molecule has 0 spiro atoms. The van der Waals surface area contributed by atoms with Crippen LogP contribution >= 0.6 is 0 Å². The number of ether oxygens (including phenoxy) is 2. The first-order chi connectivity index (χ1) is 27.5. The molecule has 4 aromatic rings. The summed E-state index contributed by atoms with van der Waals surface area (Å²) in [6, 6.07) is 33.0. The van der Waals surface area contributed by atoms with E-state index in [-0.39, 0.29) is 27.9 Å². The Morgan fingerprint density at radius 2 is 1.12 bits per heavy atom. The predicted octanol–water partition coefficient (Wildman–Crippen LogP) is 11.1. The van der Waals surface area contributed by atoms with E-state index in [1.165, 1.54) is 32.4 Å². The van der Waals surface area contributed by atoms with Gasteiger partial charge in [-0.3, -0.25) is 4.55 Å². The molecule has 0 aliphatic heterocycles.